The zero-order valence-electron chi connectivity index (χ0n) is 16.5. The Bertz CT molecular complexity index is 955. The predicted molar refractivity (Wildman–Crippen MR) is 111 cm³/mol. The lowest BCUT2D eigenvalue weighted by Gasteiger charge is -2.23. The summed E-state index contributed by atoms with van der Waals surface area (Å²) in [6.07, 6.45) is 4.07. The molecule has 1 aromatic heterocycles. The number of aromatic nitrogens is 2. The number of para-hydroxylation sites is 1. The minimum atomic E-state index is -0.0152. The molecule has 1 fully saturated rings. The maximum absolute atomic E-state index is 12.8. The number of ether oxygens (including phenoxy) is 2. The molecule has 1 aliphatic heterocycles. The van der Waals surface area contributed by atoms with E-state index < -0.39 is 0 Å². The third kappa shape index (κ3) is 4.42. The summed E-state index contributed by atoms with van der Waals surface area (Å²) in [6, 6.07) is 17.4. The van der Waals surface area contributed by atoms with Crippen molar-refractivity contribution in [1.29, 1.82) is 0 Å². The Labute approximate surface area is 170 Å². The molecule has 2 aromatic carbocycles. The van der Waals surface area contributed by atoms with Crippen molar-refractivity contribution in [3.63, 3.8) is 0 Å². The first-order valence-electron chi connectivity index (χ1n) is 9.91. The molecule has 0 bridgehead atoms. The number of benzene rings is 2. The summed E-state index contributed by atoms with van der Waals surface area (Å²) in [6.45, 7) is 1.13. The van der Waals surface area contributed by atoms with E-state index >= 15 is 0 Å². The summed E-state index contributed by atoms with van der Waals surface area (Å²) in [7, 11) is 1.65. The largest absolute Gasteiger partial charge is 0.497 e. The number of hydrogen-bond acceptors (Lipinski definition) is 4. The van der Waals surface area contributed by atoms with Crippen molar-refractivity contribution in [3.05, 3.63) is 66.6 Å². The van der Waals surface area contributed by atoms with Gasteiger partial charge in [-0.15, -0.1) is 0 Å². The molecule has 3 aromatic rings. The van der Waals surface area contributed by atoms with E-state index in [1.54, 1.807) is 7.11 Å². The van der Waals surface area contributed by atoms with E-state index in [1.807, 2.05) is 65.7 Å². The van der Waals surface area contributed by atoms with Crippen LogP contribution in [0.2, 0.25) is 0 Å². The maximum atomic E-state index is 12.8. The lowest BCUT2D eigenvalue weighted by Crippen LogP contribution is -2.32. The molecule has 1 unspecified atom stereocenters. The van der Waals surface area contributed by atoms with Crippen molar-refractivity contribution in [1.82, 2.24) is 14.9 Å². The van der Waals surface area contributed by atoms with Crippen LogP contribution in [-0.4, -0.2) is 41.0 Å². The van der Waals surface area contributed by atoms with Gasteiger partial charge in [-0.3, -0.25) is 4.79 Å². The number of amides is 1. The normalized spacial score (nSPS) is 16.0. The molecule has 0 saturated carbocycles. The lowest BCUT2D eigenvalue weighted by atomic mass is 10.1. The van der Waals surface area contributed by atoms with Crippen LogP contribution < -0.4 is 9.47 Å². The van der Waals surface area contributed by atoms with Crippen molar-refractivity contribution >= 4 is 5.91 Å². The molecule has 4 rings (SSSR count). The molecule has 6 nitrogen and oxygen atoms in total. The summed E-state index contributed by atoms with van der Waals surface area (Å²) in [5, 5.41) is 0. The number of nitrogens with one attached hydrogen (secondary N) is 1. The number of carbonyl (C=O) groups excluding carboxylic acids is 1. The summed E-state index contributed by atoms with van der Waals surface area (Å²) < 4.78 is 11.0. The standard InChI is InChI=1S/C23H25N3O3/c1-28-19-10-5-7-17(15-19)20-16-24-23(25-20)21-11-6-13-26(21)22(27)12-14-29-18-8-3-2-4-9-18/h2-5,7-10,15-16,21H,6,11-14H2,1H3,(H,24,25). The van der Waals surface area contributed by atoms with Gasteiger partial charge in [0.05, 0.1) is 38.1 Å². The fourth-order valence-electron chi connectivity index (χ4n) is 3.71. The average molecular weight is 391 g/mol. The SMILES string of the molecule is COc1cccc(-c2cnc(C3CCCN3C(=O)CCOc3ccccc3)[nH]2)c1. The number of nitrogens with zero attached hydrogens (tertiary/aromatic N) is 2. The Kier molecular flexibility index (Phi) is 5.79. The highest BCUT2D eigenvalue weighted by molar-refractivity contribution is 5.77. The second-order valence-electron chi connectivity index (χ2n) is 7.07. The Morgan fingerprint density at radius 1 is 1.17 bits per heavy atom. The molecule has 0 aliphatic carbocycles. The molecule has 1 N–H and O–H groups in total. The number of H-pyrrole nitrogens is 1. The van der Waals surface area contributed by atoms with Crippen LogP contribution in [0.5, 0.6) is 11.5 Å². The van der Waals surface area contributed by atoms with E-state index in [1.165, 1.54) is 0 Å². The smallest absolute Gasteiger partial charge is 0.226 e. The number of aromatic amines is 1. The van der Waals surface area contributed by atoms with Gasteiger partial charge in [0.15, 0.2) is 0 Å². The number of imidazole rings is 1. The minimum Gasteiger partial charge on any atom is -0.497 e. The first kappa shape index (κ1) is 19.1. The van der Waals surface area contributed by atoms with Crippen molar-refractivity contribution in [2.24, 2.45) is 0 Å². The van der Waals surface area contributed by atoms with Gasteiger partial charge in [-0.05, 0) is 37.1 Å². The number of methoxy groups -OCH3 is 1. The van der Waals surface area contributed by atoms with E-state index in [9.17, 15) is 4.79 Å². The van der Waals surface area contributed by atoms with Crippen LogP contribution in [0.3, 0.4) is 0 Å². The van der Waals surface area contributed by atoms with Crippen LogP contribution in [0.25, 0.3) is 11.3 Å². The zero-order chi connectivity index (χ0) is 20.1. The first-order chi connectivity index (χ1) is 14.2. The number of likely N-dealkylation sites (tertiary alicyclic amines) is 1. The molecule has 1 saturated heterocycles. The molecule has 1 amide bonds. The maximum Gasteiger partial charge on any atom is 0.226 e. The fraction of sp³-hybridized carbons (Fsp3) is 0.304. The van der Waals surface area contributed by atoms with Crippen LogP contribution in [0, 0.1) is 0 Å². The molecule has 29 heavy (non-hydrogen) atoms. The van der Waals surface area contributed by atoms with E-state index in [0.717, 1.165) is 48.0 Å². The highest BCUT2D eigenvalue weighted by Gasteiger charge is 2.31. The fourth-order valence-corrected chi connectivity index (χ4v) is 3.71. The Balaban J connectivity index is 1.40. The van der Waals surface area contributed by atoms with Gasteiger partial charge in [0, 0.05) is 12.1 Å². The van der Waals surface area contributed by atoms with Crippen LogP contribution in [0.1, 0.15) is 31.1 Å². The van der Waals surface area contributed by atoms with Gasteiger partial charge in [-0.25, -0.2) is 4.98 Å². The number of carbonyl (C=O) groups is 1. The average Bonchev–Trinajstić information content (AvgIpc) is 3.44. The van der Waals surface area contributed by atoms with Crippen LogP contribution >= 0.6 is 0 Å². The van der Waals surface area contributed by atoms with Crippen molar-refractivity contribution in [3.8, 4) is 22.8 Å². The summed E-state index contributed by atoms with van der Waals surface area (Å²) in [5.74, 6) is 2.52. The van der Waals surface area contributed by atoms with E-state index in [0.29, 0.717) is 13.0 Å². The second kappa shape index (κ2) is 8.82. The molecule has 1 atom stereocenters. The zero-order valence-corrected chi connectivity index (χ0v) is 16.5. The Morgan fingerprint density at radius 2 is 2.00 bits per heavy atom. The molecular formula is C23H25N3O3. The van der Waals surface area contributed by atoms with E-state index in [-0.39, 0.29) is 11.9 Å². The second-order valence-corrected chi connectivity index (χ2v) is 7.07. The minimum absolute atomic E-state index is 0.0152. The third-order valence-electron chi connectivity index (χ3n) is 5.19. The molecule has 2 heterocycles. The predicted octanol–water partition coefficient (Wildman–Crippen LogP) is 4.22. The Hall–Kier alpha value is -3.28. The number of rotatable bonds is 7. The third-order valence-corrected chi connectivity index (χ3v) is 5.19. The van der Waals surface area contributed by atoms with Gasteiger partial charge >= 0.3 is 0 Å². The molecule has 150 valence electrons. The van der Waals surface area contributed by atoms with E-state index in [2.05, 4.69) is 9.97 Å². The molecule has 0 radical (unpaired) electrons. The highest BCUT2D eigenvalue weighted by atomic mass is 16.5. The van der Waals surface area contributed by atoms with Crippen molar-refractivity contribution in [2.75, 3.05) is 20.3 Å². The van der Waals surface area contributed by atoms with Crippen LogP contribution in [0.4, 0.5) is 0 Å². The Morgan fingerprint density at radius 3 is 2.83 bits per heavy atom. The van der Waals surface area contributed by atoms with Crippen molar-refractivity contribution in [2.45, 2.75) is 25.3 Å². The quantitative estimate of drug-likeness (QED) is 0.655. The van der Waals surface area contributed by atoms with Gasteiger partial charge in [0.25, 0.3) is 0 Å². The topological polar surface area (TPSA) is 67.4 Å². The summed E-state index contributed by atoms with van der Waals surface area (Å²) in [5.41, 5.74) is 1.93. The molecule has 6 heteroatoms. The van der Waals surface area contributed by atoms with Gasteiger partial charge in [-0.2, -0.15) is 0 Å². The van der Waals surface area contributed by atoms with Gasteiger partial charge < -0.3 is 19.4 Å². The summed E-state index contributed by atoms with van der Waals surface area (Å²) in [4.78, 5) is 22.7. The summed E-state index contributed by atoms with van der Waals surface area (Å²) >= 11 is 0. The monoisotopic (exact) mass is 391 g/mol. The van der Waals surface area contributed by atoms with Crippen LogP contribution in [0.15, 0.2) is 60.8 Å². The van der Waals surface area contributed by atoms with Crippen molar-refractivity contribution < 1.29 is 14.3 Å². The van der Waals surface area contributed by atoms with Gasteiger partial charge in [-0.1, -0.05) is 30.3 Å². The number of hydrogen-bond donors (Lipinski definition) is 1. The van der Waals surface area contributed by atoms with Crippen LogP contribution in [-0.2, 0) is 4.79 Å². The molecular weight excluding hydrogens is 366 g/mol. The van der Waals surface area contributed by atoms with E-state index in [4.69, 9.17) is 9.47 Å². The van der Waals surface area contributed by atoms with Gasteiger partial charge in [0.1, 0.15) is 17.3 Å². The molecule has 1 aliphatic rings. The first-order valence-corrected chi connectivity index (χ1v) is 9.91. The van der Waals surface area contributed by atoms with Gasteiger partial charge in [0.2, 0.25) is 5.91 Å². The highest BCUT2D eigenvalue weighted by Crippen LogP contribution is 2.32. The lowest BCUT2D eigenvalue weighted by molar-refractivity contribution is -0.132. The molecule has 0 spiro atoms.